The van der Waals surface area contributed by atoms with Crippen molar-refractivity contribution in [2.24, 2.45) is 5.14 Å². The van der Waals surface area contributed by atoms with Crippen LogP contribution in [0.15, 0.2) is 59.5 Å². The molecule has 0 saturated carbocycles. The van der Waals surface area contributed by atoms with Gasteiger partial charge in [0.05, 0.1) is 10.5 Å². The van der Waals surface area contributed by atoms with E-state index in [1.807, 2.05) is 36.4 Å². The summed E-state index contributed by atoms with van der Waals surface area (Å²) < 4.78 is 36.5. The summed E-state index contributed by atoms with van der Waals surface area (Å²) in [6, 6.07) is 12.4. The van der Waals surface area contributed by atoms with E-state index in [1.165, 1.54) is 11.9 Å². The maximum absolute atomic E-state index is 13.9. The smallest absolute Gasteiger partial charge is 0.256 e. The molecule has 1 amide bonds. The number of carbonyl (C=O) groups is 1. The first kappa shape index (κ1) is 17.8. The van der Waals surface area contributed by atoms with Crippen molar-refractivity contribution in [2.45, 2.75) is 4.90 Å². The normalized spacial score (nSPS) is 11.6. The Bertz CT molecular complexity index is 865. The molecule has 0 aliphatic heterocycles. The second-order valence-electron chi connectivity index (χ2n) is 5.19. The Kier molecular flexibility index (Phi) is 5.48. The standard InChI is InChI=1S/C17H17FN2O3S/c1-20(11-5-8-13-6-3-2-4-7-13)17(21)15-12-14(24(19,22)23)9-10-16(15)18/h2-10,12H,11H2,1H3,(H2,19,22,23). The van der Waals surface area contributed by atoms with Gasteiger partial charge in [-0.05, 0) is 23.8 Å². The summed E-state index contributed by atoms with van der Waals surface area (Å²) in [5.41, 5.74) is 0.637. The molecule has 0 aromatic heterocycles. The summed E-state index contributed by atoms with van der Waals surface area (Å²) in [7, 11) is -2.50. The molecular formula is C17H17FN2O3S. The molecule has 0 saturated heterocycles. The molecule has 0 atom stereocenters. The number of likely N-dealkylation sites (N-methyl/N-ethyl adjacent to an activating group) is 1. The van der Waals surface area contributed by atoms with Crippen LogP contribution in [0.25, 0.3) is 6.08 Å². The zero-order chi connectivity index (χ0) is 17.7. The topological polar surface area (TPSA) is 80.5 Å². The molecule has 0 aliphatic carbocycles. The lowest BCUT2D eigenvalue weighted by Crippen LogP contribution is -2.28. The van der Waals surface area contributed by atoms with Gasteiger partial charge in [0.25, 0.3) is 5.91 Å². The quantitative estimate of drug-likeness (QED) is 0.900. The summed E-state index contributed by atoms with van der Waals surface area (Å²) in [6.07, 6.45) is 3.59. The van der Waals surface area contributed by atoms with Gasteiger partial charge in [0.15, 0.2) is 0 Å². The van der Waals surface area contributed by atoms with Gasteiger partial charge in [-0.15, -0.1) is 0 Å². The van der Waals surface area contributed by atoms with E-state index in [4.69, 9.17) is 5.14 Å². The second kappa shape index (κ2) is 7.37. The third-order valence-electron chi connectivity index (χ3n) is 3.33. The summed E-state index contributed by atoms with van der Waals surface area (Å²) >= 11 is 0. The van der Waals surface area contributed by atoms with Crippen molar-refractivity contribution in [3.8, 4) is 0 Å². The lowest BCUT2D eigenvalue weighted by atomic mass is 10.2. The van der Waals surface area contributed by atoms with E-state index in [0.29, 0.717) is 0 Å². The fourth-order valence-electron chi connectivity index (χ4n) is 2.04. The van der Waals surface area contributed by atoms with Crippen molar-refractivity contribution in [1.29, 1.82) is 0 Å². The number of nitrogens with two attached hydrogens (primary N) is 1. The molecule has 0 unspecified atom stereocenters. The van der Waals surface area contributed by atoms with E-state index in [9.17, 15) is 17.6 Å². The zero-order valence-corrected chi connectivity index (χ0v) is 13.8. The van der Waals surface area contributed by atoms with Crippen molar-refractivity contribution >= 4 is 22.0 Å². The molecule has 5 nitrogen and oxygen atoms in total. The fraction of sp³-hybridized carbons (Fsp3) is 0.118. The monoisotopic (exact) mass is 348 g/mol. The Morgan fingerprint density at radius 1 is 1.21 bits per heavy atom. The highest BCUT2D eigenvalue weighted by Gasteiger charge is 2.19. The summed E-state index contributed by atoms with van der Waals surface area (Å²) in [5.74, 6) is -1.43. The van der Waals surface area contributed by atoms with Crippen molar-refractivity contribution in [3.05, 3.63) is 71.6 Å². The van der Waals surface area contributed by atoms with Crippen LogP contribution >= 0.6 is 0 Å². The molecule has 2 aromatic carbocycles. The first-order valence-corrected chi connectivity index (χ1v) is 8.63. The minimum absolute atomic E-state index is 0.243. The van der Waals surface area contributed by atoms with Gasteiger partial charge in [-0.3, -0.25) is 4.79 Å². The number of rotatable bonds is 5. The van der Waals surface area contributed by atoms with Crippen LogP contribution < -0.4 is 5.14 Å². The largest absolute Gasteiger partial charge is 0.338 e. The van der Waals surface area contributed by atoms with Crippen LogP contribution in [0.1, 0.15) is 15.9 Å². The Morgan fingerprint density at radius 2 is 1.88 bits per heavy atom. The Labute approximate surface area is 140 Å². The Balaban J connectivity index is 2.15. The minimum atomic E-state index is -4.01. The van der Waals surface area contributed by atoms with Crippen molar-refractivity contribution in [1.82, 2.24) is 4.90 Å². The molecular weight excluding hydrogens is 331 g/mol. The highest BCUT2D eigenvalue weighted by Crippen LogP contribution is 2.15. The van der Waals surface area contributed by atoms with Crippen LogP contribution in [0.5, 0.6) is 0 Å². The lowest BCUT2D eigenvalue weighted by Gasteiger charge is -2.16. The van der Waals surface area contributed by atoms with E-state index in [-0.39, 0.29) is 17.0 Å². The van der Waals surface area contributed by atoms with Gasteiger partial charge in [0.2, 0.25) is 10.0 Å². The van der Waals surface area contributed by atoms with Crippen molar-refractivity contribution in [3.63, 3.8) is 0 Å². The SMILES string of the molecule is CN(CC=Cc1ccccc1)C(=O)c1cc(S(N)(=O)=O)ccc1F. The van der Waals surface area contributed by atoms with Crippen LogP contribution in [0.2, 0.25) is 0 Å². The lowest BCUT2D eigenvalue weighted by molar-refractivity contribution is 0.0805. The number of carbonyl (C=O) groups excluding carboxylic acids is 1. The molecule has 0 bridgehead atoms. The molecule has 126 valence electrons. The minimum Gasteiger partial charge on any atom is -0.338 e. The van der Waals surface area contributed by atoms with Crippen LogP contribution in [-0.4, -0.2) is 32.8 Å². The average molecular weight is 348 g/mol. The molecule has 0 fully saturated rings. The van der Waals surface area contributed by atoms with E-state index in [0.717, 1.165) is 23.8 Å². The highest BCUT2D eigenvalue weighted by atomic mass is 32.2. The van der Waals surface area contributed by atoms with Crippen LogP contribution in [0.4, 0.5) is 4.39 Å². The second-order valence-corrected chi connectivity index (χ2v) is 6.75. The number of amides is 1. The summed E-state index contributed by atoms with van der Waals surface area (Å²) in [6.45, 7) is 0.243. The van der Waals surface area contributed by atoms with E-state index in [1.54, 1.807) is 6.08 Å². The predicted octanol–water partition coefficient (Wildman–Crippen LogP) is 2.26. The Morgan fingerprint density at radius 3 is 2.50 bits per heavy atom. The molecule has 0 aliphatic rings. The van der Waals surface area contributed by atoms with Crippen LogP contribution in [-0.2, 0) is 10.0 Å². The summed E-state index contributed by atoms with van der Waals surface area (Å²) in [5, 5.41) is 5.01. The molecule has 2 aromatic rings. The molecule has 7 heteroatoms. The van der Waals surface area contributed by atoms with Crippen molar-refractivity contribution < 1.29 is 17.6 Å². The number of hydrogen-bond acceptors (Lipinski definition) is 3. The first-order chi connectivity index (χ1) is 11.3. The molecule has 24 heavy (non-hydrogen) atoms. The van der Waals surface area contributed by atoms with Gasteiger partial charge >= 0.3 is 0 Å². The van der Waals surface area contributed by atoms with Gasteiger partial charge < -0.3 is 4.90 Å². The molecule has 0 radical (unpaired) electrons. The molecule has 2 rings (SSSR count). The molecule has 0 spiro atoms. The maximum Gasteiger partial charge on any atom is 0.256 e. The number of sulfonamides is 1. The third kappa shape index (κ3) is 4.50. The van der Waals surface area contributed by atoms with Gasteiger partial charge in [-0.1, -0.05) is 42.5 Å². The van der Waals surface area contributed by atoms with Gasteiger partial charge in [0, 0.05) is 13.6 Å². The van der Waals surface area contributed by atoms with Crippen LogP contribution in [0.3, 0.4) is 0 Å². The Hall–Kier alpha value is -2.51. The van der Waals surface area contributed by atoms with E-state index >= 15 is 0 Å². The number of nitrogens with zero attached hydrogens (tertiary/aromatic N) is 1. The third-order valence-corrected chi connectivity index (χ3v) is 4.24. The van der Waals surface area contributed by atoms with Gasteiger partial charge in [-0.2, -0.15) is 0 Å². The van der Waals surface area contributed by atoms with Crippen LogP contribution in [0, 0.1) is 5.82 Å². The van der Waals surface area contributed by atoms with E-state index in [2.05, 4.69) is 0 Å². The zero-order valence-electron chi connectivity index (χ0n) is 13.0. The number of hydrogen-bond donors (Lipinski definition) is 1. The van der Waals surface area contributed by atoms with E-state index < -0.39 is 21.7 Å². The first-order valence-electron chi connectivity index (χ1n) is 7.08. The molecule has 0 heterocycles. The van der Waals surface area contributed by atoms with Gasteiger partial charge in [-0.25, -0.2) is 17.9 Å². The predicted molar refractivity (Wildman–Crippen MR) is 90.2 cm³/mol. The number of primary sulfonamides is 1. The fourth-order valence-corrected chi connectivity index (χ4v) is 2.58. The summed E-state index contributed by atoms with van der Waals surface area (Å²) in [4.78, 5) is 13.3. The number of benzene rings is 2. The van der Waals surface area contributed by atoms with Crippen molar-refractivity contribution in [2.75, 3.05) is 13.6 Å². The average Bonchev–Trinajstić information content (AvgIpc) is 2.54. The molecule has 2 N–H and O–H groups in total. The maximum atomic E-state index is 13.9. The number of halogens is 1. The highest BCUT2D eigenvalue weighted by molar-refractivity contribution is 7.89. The van der Waals surface area contributed by atoms with Gasteiger partial charge in [0.1, 0.15) is 5.82 Å².